The van der Waals surface area contributed by atoms with Crippen LogP contribution in [0.2, 0.25) is 0 Å². The minimum Gasteiger partial charge on any atom is -0.396 e. The van der Waals surface area contributed by atoms with E-state index < -0.39 is 0 Å². The molecule has 0 saturated carbocycles. The number of nitrogens with zero attached hydrogens (tertiary/aromatic N) is 1. The largest absolute Gasteiger partial charge is 0.396 e. The molecule has 1 aliphatic heterocycles. The number of amides is 2. The Morgan fingerprint density at radius 2 is 2.14 bits per heavy atom. The Balaban J connectivity index is 2.13. The summed E-state index contributed by atoms with van der Waals surface area (Å²) in [7, 11) is 0. The molecule has 4 nitrogen and oxygen atoms in total. The molecule has 82 valence electrons. The van der Waals surface area contributed by atoms with Crippen LogP contribution < -0.4 is 5.32 Å². The van der Waals surface area contributed by atoms with E-state index in [1.165, 1.54) is 0 Å². The van der Waals surface area contributed by atoms with Crippen molar-refractivity contribution in [2.45, 2.75) is 26.2 Å². The third-order valence-corrected chi connectivity index (χ3v) is 2.62. The van der Waals surface area contributed by atoms with Gasteiger partial charge in [0.1, 0.15) is 0 Å². The molecular formula is C10H20N2O2. The van der Waals surface area contributed by atoms with E-state index in [9.17, 15) is 4.79 Å². The highest BCUT2D eigenvalue weighted by Gasteiger charge is 2.17. The lowest BCUT2D eigenvalue weighted by Crippen LogP contribution is -2.39. The second kappa shape index (κ2) is 5.86. The number of rotatable bonds is 4. The zero-order chi connectivity index (χ0) is 10.4. The summed E-state index contributed by atoms with van der Waals surface area (Å²) < 4.78 is 0. The van der Waals surface area contributed by atoms with Gasteiger partial charge in [-0.2, -0.15) is 0 Å². The lowest BCUT2D eigenvalue weighted by Gasteiger charge is -2.18. The van der Waals surface area contributed by atoms with E-state index >= 15 is 0 Å². The molecule has 2 amide bonds. The first-order chi connectivity index (χ1) is 6.74. The molecular weight excluding hydrogens is 180 g/mol. The third kappa shape index (κ3) is 3.54. The van der Waals surface area contributed by atoms with E-state index in [1.807, 2.05) is 11.8 Å². The molecule has 1 fully saturated rings. The molecule has 1 heterocycles. The van der Waals surface area contributed by atoms with Gasteiger partial charge in [-0.3, -0.25) is 0 Å². The Labute approximate surface area is 85.3 Å². The van der Waals surface area contributed by atoms with Gasteiger partial charge >= 0.3 is 6.03 Å². The molecule has 0 spiro atoms. The predicted octanol–water partition coefficient (Wildman–Crippen LogP) is 0.810. The van der Waals surface area contributed by atoms with Crippen molar-refractivity contribution >= 4 is 6.03 Å². The van der Waals surface area contributed by atoms with Crippen LogP contribution >= 0.6 is 0 Å². The highest BCUT2D eigenvalue weighted by atomic mass is 16.3. The average Bonchev–Trinajstić information content (AvgIpc) is 2.67. The Hall–Kier alpha value is -0.770. The van der Waals surface area contributed by atoms with Crippen LogP contribution in [0.5, 0.6) is 0 Å². The van der Waals surface area contributed by atoms with Gasteiger partial charge in [-0.1, -0.05) is 6.92 Å². The second-order valence-electron chi connectivity index (χ2n) is 4.00. The predicted molar refractivity (Wildman–Crippen MR) is 55.1 cm³/mol. The van der Waals surface area contributed by atoms with Crippen molar-refractivity contribution in [1.29, 1.82) is 0 Å². The van der Waals surface area contributed by atoms with Gasteiger partial charge in [0.2, 0.25) is 0 Å². The number of aliphatic hydroxyl groups is 1. The normalized spacial score (nSPS) is 18.3. The van der Waals surface area contributed by atoms with Crippen LogP contribution in [0.1, 0.15) is 26.2 Å². The zero-order valence-corrected chi connectivity index (χ0v) is 8.83. The standard InChI is InChI=1S/C10H20N2O2/c1-9(4-7-13)8-11-10(14)12-5-2-3-6-12/h9,13H,2-8H2,1H3,(H,11,14). The van der Waals surface area contributed by atoms with Gasteiger partial charge in [0.25, 0.3) is 0 Å². The first kappa shape index (κ1) is 11.3. The van der Waals surface area contributed by atoms with Gasteiger partial charge in [0, 0.05) is 26.2 Å². The number of urea groups is 1. The minimum atomic E-state index is 0.0484. The Morgan fingerprint density at radius 3 is 2.71 bits per heavy atom. The van der Waals surface area contributed by atoms with Crippen LogP contribution in [-0.4, -0.2) is 42.3 Å². The van der Waals surface area contributed by atoms with Gasteiger partial charge in [0.05, 0.1) is 0 Å². The number of hydrogen-bond donors (Lipinski definition) is 2. The summed E-state index contributed by atoms with van der Waals surface area (Å²) >= 11 is 0. The molecule has 0 aromatic rings. The highest BCUT2D eigenvalue weighted by molar-refractivity contribution is 5.74. The molecule has 0 radical (unpaired) electrons. The monoisotopic (exact) mass is 200 g/mol. The van der Waals surface area contributed by atoms with E-state index in [4.69, 9.17) is 5.11 Å². The van der Waals surface area contributed by atoms with E-state index in [0.717, 1.165) is 32.4 Å². The molecule has 1 atom stereocenters. The quantitative estimate of drug-likeness (QED) is 0.705. The summed E-state index contributed by atoms with van der Waals surface area (Å²) in [6.45, 7) is 4.66. The molecule has 1 aliphatic rings. The number of aliphatic hydroxyl groups excluding tert-OH is 1. The molecule has 1 rings (SSSR count). The molecule has 0 bridgehead atoms. The fourth-order valence-corrected chi connectivity index (χ4v) is 1.62. The van der Waals surface area contributed by atoms with Gasteiger partial charge in [-0.15, -0.1) is 0 Å². The summed E-state index contributed by atoms with van der Waals surface area (Å²) in [6, 6.07) is 0.0484. The second-order valence-corrected chi connectivity index (χ2v) is 4.00. The van der Waals surface area contributed by atoms with Crippen LogP contribution in [0.15, 0.2) is 0 Å². The number of carbonyl (C=O) groups is 1. The lowest BCUT2D eigenvalue weighted by molar-refractivity contribution is 0.204. The first-order valence-electron chi connectivity index (χ1n) is 5.37. The molecule has 1 saturated heterocycles. The fourth-order valence-electron chi connectivity index (χ4n) is 1.62. The fraction of sp³-hybridized carbons (Fsp3) is 0.900. The van der Waals surface area contributed by atoms with Crippen LogP contribution in [0, 0.1) is 5.92 Å². The molecule has 0 aromatic carbocycles. The maximum atomic E-state index is 11.5. The highest BCUT2D eigenvalue weighted by Crippen LogP contribution is 2.07. The smallest absolute Gasteiger partial charge is 0.317 e. The zero-order valence-electron chi connectivity index (χ0n) is 8.83. The number of hydrogen-bond acceptors (Lipinski definition) is 2. The molecule has 1 unspecified atom stereocenters. The maximum absolute atomic E-state index is 11.5. The van der Waals surface area contributed by atoms with Gasteiger partial charge in [-0.05, 0) is 25.2 Å². The number of nitrogens with one attached hydrogen (secondary N) is 1. The number of likely N-dealkylation sites (tertiary alicyclic amines) is 1. The van der Waals surface area contributed by atoms with Crippen molar-refractivity contribution in [1.82, 2.24) is 10.2 Å². The summed E-state index contributed by atoms with van der Waals surface area (Å²) in [6.07, 6.45) is 3.00. The van der Waals surface area contributed by atoms with E-state index in [0.29, 0.717) is 12.5 Å². The van der Waals surface area contributed by atoms with Crippen molar-refractivity contribution in [2.75, 3.05) is 26.2 Å². The molecule has 4 heteroatoms. The third-order valence-electron chi connectivity index (χ3n) is 2.62. The van der Waals surface area contributed by atoms with Crippen molar-refractivity contribution < 1.29 is 9.90 Å². The Morgan fingerprint density at radius 1 is 1.50 bits per heavy atom. The van der Waals surface area contributed by atoms with Crippen molar-refractivity contribution in [3.05, 3.63) is 0 Å². The van der Waals surface area contributed by atoms with E-state index in [1.54, 1.807) is 0 Å². The van der Waals surface area contributed by atoms with Crippen molar-refractivity contribution in [2.24, 2.45) is 5.92 Å². The lowest BCUT2D eigenvalue weighted by atomic mass is 10.1. The van der Waals surface area contributed by atoms with Gasteiger partial charge < -0.3 is 15.3 Å². The maximum Gasteiger partial charge on any atom is 0.317 e. The average molecular weight is 200 g/mol. The number of carbonyl (C=O) groups excluding carboxylic acids is 1. The van der Waals surface area contributed by atoms with Crippen molar-refractivity contribution in [3.63, 3.8) is 0 Å². The summed E-state index contributed by atoms with van der Waals surface area (Å²) in [5.74, 6) is 0.353. The van der Waals surface area contributed by atoms with Gasteiger partial charge in [0.15, 0.2) is 0 Å². The molecule has 0 aliphatic carbocycles. The molecule has 14 heavy (non-hydrogen) atoms. The summed E-state index contributed by atoms with van der Waals surface area (Å²) in [4.78, 5) is 13.4. The van der Waals surface area contributed by atoms with Crippen LogP contribution in [0.4, 0.5) is 4.79 Å². The SMILES string of the molecule is CC(CCO)CNC(=O)N1CCCC1. The minimum absolute atomic E-state index is 0.0484. The van der Waals surface area contributed by atoms with Crippen molar-refractivity contribution in [3.8, 4) is 0 Å². The van der Waals surface area contributed by atoms with Gasteiger partial charge in [-0.25, -0.2) is 4.79 Å². The van der Waals surface area contributed by atoms with E-state index in [-0.39, 0.29) is 12.6 Å². The summed E-state index contributed by atoms with van der Waals surface area (Å²) in [5, 5.41) is 11.6. The molecule has 0 aromatic heterocycles. The summed E-state index contributed by atoms with van der Waals surface area (Å²) in [5.41, 5.74) is 0. The van der Waals surface area contributed by atoms with Crippen LogP contribution in [-0.2, 0) is 0 Å². The first-order valence-corrected chi connectivity index (χ1v) is 5.37. The van der Waals surface area contributed by atoms with Crippen LogP contribution in [0.3, 0.4) is 0 Å². The van der Waals surface area contributed by atoms with Crippen LogP contribution in [0.25, 0.3) is 0 Å². The van der Waals surface area contributed by atoms with E-state index in [2.05, 4.69) is 5.32 Å². The Bertz CT molecular complexity index is 179. The Kier molecular flexibility index (Phi) is 4.73. The molecule has 2 N–H and O–H groups in total. The topological polar surface area (TPSA) is 52.6 Å².